The van der Waals surface area contributed by atoms with Crippen LogP contribution in [0.2, 0.25) is 10.0 Å². The number of carbonyl (C=O) groups is 3. The van der Waals surface area contributed by atoms with Gasteiger partial charge in [0.15, 0.2) is 0 Å². The number of fused-ring (bicyclic) bond motifs is 1. The Kier molecular flexibility index (Phi) is 7.84. The fraction of sp³-hybridized carbons (Fsp3) is 0.261. The zero-order valence-electron chi connectivity index (χ0n) is 18.4. The van der Waals surface area contributed by atoms with Gasteiger partial charge in [0.25, 0.3) is 5.91 Å². The number of hydrogen-bond acceptors (Lipinski definition) is 4. The Morgan fingerprint density at radius 3 is 2.36 bits per heavy atom. The Bertz CT molecular complexity index is 1190. The van der Waals surface area contributed by atoms with E-state index in [4.69, 9.17) is 27.9 Å². The van der Waals surface area contributed by atoms with Crippen molar-refractivity contribution in [3.63, 3.8) is 0 Å². The third-order valence-electron chi connectivity index (χ3n) is 4.79. The van der Waals surface area contributed by atoms with Crippen LogP contribution >= 0.6 is 23.2 Å². The molecule has 0 unspecified atom stereocenters. The third-order valence-corrected chi connectivity index (χ3v) is 5.22. The molecule has 3 aromatic rings. The molecule has 1 heterocycles. The molecule has 3 N–H and O–H groups in total. The molecule has 8 nitrogen and oxygen atoms in total. The molecule has 2 aromatic carbocycles. The van der Waals surface area contributed by atoms with E-state index < -0.39 is 17.7 Å². The maximum atomic E-state index is 13.1. The smallest absolute Gasteiger partial charge is 0.328 e. The second kappa shape index (κ2) is 10.6. The quantitative estimate of drug-likeness (QED) is 0.426. The van der Waals surface area contributed by atoms with Crippen LogP contribution in [0.25, 0.3) is 10.9 Å². The lowest BCUT2D eigenvalue weighted by Gasteiger charge is -2.14. The van der Waals surface area contributed by atoms with E-state index >= 15 is 0 Å². The summed E-state index contributed by atoms with van der Waals surface area (Å²) < 4.78 is 6.64. The van der Waals surface area contributed by atoms with Crippen LogP contribution in [0.1, 0.15) is 30.8 Å². The summed E-state index contributed by atoms with van der Waals surface area (Å²) in [4.78, 5) is 38.0. The van der Waals surface area contributed by atoms with Crippen LogP contribution in [0.5, 0.6) is 5.75 Å². The molecular weight excluding hydrogens is 467 g/mol. The molecule has 0 saturated carbocycles. The minimum atomic E-state index is -0.915. The van der Waals surface area contributed by atoms with E-state index in [-0.39, 0.29) is 5.69 Å². The minimum Gasteiger partial charge on any atom is -0.494 e. The average Bonchev–Trinajstić information content (AvgIpc) is 3.11. The first-order chi connectivity index (χ1) is 15.7. The van der Waals surface area contributed by atoms with Crippen molar-refractivity contribution in [2.45, 2.75) is 20.3 Å². The van der Waals surface area contributed by atoms with Crippen LogP contribution in [-0.2, 0) is 9.59 Å². The number of aromatic nitrogens is 1. The third kappa shape index (κ3) is 5.97. The molecule has 0 atom stereocenters. The fourth-order valence-electron chi connectivity index (χ4n) is 3.20. The minimum absolute atomic E-state index is 0.0777. The lowest BCUT2D eigenvalue weighted by Crippen LogP contribution is -2.40. The van der Waals surface area contributed by atoms with Gasteiger partial charge in [0.05, 0.1) is 7.11 Å². The van der Waals surface area contributed by atoms with Gasteiger partial charge in [-0.1, -0.05) is 49.2 Å². The van der Waals surface area contributed by atoms with Crippen LogP contribution in [0.15, 0.2) is 42.5 Å². The van der Waals surface area contributed by atoms with Crippen molar-refractivity contribution in [1.82, 2.24) is 9.99 Å². The molecule has 1 aromatic heterocycles. The SMILES string of the molecule is COc1cccc2cc(C(=O)Nc3cc(Cl)cc(Cl)c3)n(NC(=O)C(=O)NCCC(C)C)c12. The first-order valence-corrected chi connectivity index (χ1v) is 11.0. The Hall–Kier alpha value is -3.23. The monoisotopic (exact) mass is 490 g/mol. The molecule has 0 aliphatic heterocycles. The second-order valence-corrected chi connectivity index (χ2v) is 8.63. The Morgan fingerprint density at radius 2 is 1.73 bits per heavy atom. The zero-order chi connectivity index (χ0) is 24.1. The van der Waals surface area contributed by atoms with Crippen LogP contribution in [0.4, 0.5) is 5.69 Å². The highest BCUT2D eigenvalue weighted by Gasteiger charge is 2.23. The van der Waals surface area contributed by atoms with Crippen molar-refractivity contribution in [2.24, 2.45) is 5.92 Å². The number of para-hydroxylation sites is 1. The molecule has 3 rings (SSSR count). The van der Waals surface area contributed by atoms with Gasteiger partial charge >= 0.3 is 11.8 Å². The van der Waals surface area contributed by atoms with Gasteiger partial charge in [0.1, 0.15) is 17.0 Å². The average molecular weight is 491 g/mol. The molecule has 10 heteroatoms. The van der Waals surface area contributed by atoms with Gasteiger partial charge in [-0.3, -0.25) is 19.8 Å². The van der Waals surface area contributed by atoms with Crippen LogP contribution in [-0.4, -0.2) is 36.1 Å². The summed E-state index contributed by atoms with van der Waals surface area (Å²) in [5.74, 6) is -1.48. The van der Waals surface area contributed by atoms with Gasteiger partial charge in [-0.25, -0.2) is 4.68 Å². The molecule has 0 bridgehead atoms. The summed E-state index contributed by atoms with van der Waals surface area (Å²) in [6.07, 6.45) is 0.731. The number of ether oxygens (including phenoxy) is 1. The number of rotatable bonds is 7. The number of benzene rings is 2. The van der Waals surface area contributed by atoms with Gasteiger partial charge in [-0.15, -0.1) is 0 Å². The van der Waals surface area contributed by atoms with Crippen molar-refractivity contribution in [1.29, 1.82) is 0 Å². The molecule has 3 amide bonds. The van der Waals surface area contributed by atoms with Crippen LogP contribution in [0, 0.1) is 5.92 Å². The lowest BCUT2D eigenvalue weighted by molar-refractivity contribution is -0.136. The topological polar surface area (TPSA) is 101 Å². The summed E-state index contributed by atoms with van der Waals surface area (Å²) in [6, 6.07) is 11.4. The molecule has 33 heavy (non-hydrogen) atoms. The predicted octanol–water partition coefficient (Wildman–Crippen LogP) is 4.44. The van der Waals surface area contributed by atoms with Gasteiger partial charge in [-0.05, 0) is 42.7 Å². The maximum Gasteiger partial charge on any atom is 0.328 e. The first kappa shape index (κ1) is 24.4. The predicted molar refractivity (Wildman–Crippen MR) is 130 cm³/mol. The number of nitrogens with one attached hydrogen (secondary N) is 3. The molecule has 0 spiro atoms. The number of hydrogen-bond donors (Lipinski definition) is 3. The highest BCUT2D eigenvalue weighted by Crippen LogP contribution is 2.29. The molecule has 0 aliphatic carbocycles. The number of amides is 3. The van der Waals surface area contributed by atoms with Crippen molar-refractivity contribution in [3.05, 3.63) is 58.2 Å². The first-order valence-electron chi connectivity index (χ1n) is 10.2. The highest BCUT2D eigenvalue weighted by molar-refractivity contribution is 6.38. The van der Waals surface area contributed by atoms with Gasteiger partial charge in [0.2, 0.25) is 0 Å². The van der Waals surface area contributed by atoms with E-state index in [9.17, 15) is 14.4 Å². The molecular formula is C23H24Cl2N4O4. The summed E-state index contributed by atoms with van der Waals surface area (Å²) in [5.41, 5.74) is 3.39. The van der Waals surface area contributed by atoms with E-state index in [1.807, 2.05) is 13.8 Å². The van der Waals surface area contributed by atoms with Crippen LogP contribution in [0.3, 0.4) is 0 Å². The lowest BCUT2D eigenvalue weighted by atomic mass is 10.1. The highest BCUT2D eigenvalue weighted by atomic mass is 35.5. The van der Waals surface area contributed by atoms with Crippen LogP contribution < -0.4 is 20.8 Å². The Morgan fingerprint density at radius 1 is 1.03 bits per heavy atom. The normalized spacial score (nSPS) is 10.8. The van der Waals surface area contributed by atoms with Gasteiger partial charge < -0.3 is 15.4 Å². The number of anilines is 1. The maximum absolute atomic E-state index is 13.1. The zero-order valence-corrected chi connectivity index (χ0v) is 19.9. The number of carbonyl (C=O) groups excluding carboxylic acids is 3. The number of methoxy groups -OCH3 is 1. The Balaban J connectivity index is 1.94. The standard InChI is InChI=1S/C23H24Cl2N4O4/c1-13(2)7-8-26-22(31)23(32)28-29-18(9-14-5-4-6-19(33-3)20(14)29)21(30)27-17-11-15(24)10-16(25)12-17/h4-6,9-13H,7-8H2,1-3H3,(H,26,31)(H,27,30)(H,28,32). The summed E-state index contributed by atoms with van der Waals surface area (Å²) in [5, 5.41) is 6.62. The van der Waals surface area contributed by atoms with Gasteiger partial charge in [-0.2, -0.15) is 0 Å². The summed E-state index contributed by atoms with van der Waals surface area (Å²) in [6.45, 7) is 4.40. The Labute approximate surface area is 201 Å². The van der Waals surface area contributed by atoms with E-state index in [0.29, 0.717) is 44.8 Å². The molecule has 0 fully saturated rings. The van der Waals surface area contributed by atoms with Gasteiger partial charge in [0, 0.05) is 27.7 Å². The van der Waals surface area contributed by atoms with Crippen molar-refractivity contribution in [2.75, 3.05) is 24.4 Å². The summed E-state index contributed by atoms with van der Waals surface area (Å²) >= 11 is 12.0. The van der Waals surface area contributed by atoms with Crippen molar-refractivity contribution < 1.29 is 19.1 Å². The van der Waals surface area contributed by atoms with E-state index in [2.05, 4.69) is 16.1 Å². The largest absolute Gasteiger partial charge is 0.494 e. The number of halogens is 2. The molecule has 0 aliphatic rings. The van der Waals surface area contributed by atoms with Crippen molar-refractivity contribution >= 4 is 57.5 Å². The van der Waals surface area contributed by atoms with Crippen molar-refractivity contribution in [3.8, 4) is 5.75 Å². The van der Waals surface area contributed by atoms with E-state index in [1.165, 1.54) is 11.8 Å². The number of nitrogens with zero attached hydrogens (tertiary/aromatic N) is 1. The second-order valence-electron chi connectivity index (χ2n) is 7.75. The summed E-state index contributed by atoms with van der Waals surface area (Å²) in [7, 11) is 1.47. The molecule has 0 saturated heterocycles. The molecule has 174 valence electrons. The fourth-order valence-corrected chi connectivity index (χ4v) is 3.73. The molecule has 0 radical (unpaired) electrons. The van der Waals surface area contributed by atoms with E-state index in [0.717, 1.165) is 6.42 Å². The van der Waals surface area contributed by atoms with E-state index in [1.54, 1.807) is 42.5 Å².